The Morgan fingerprint density at radius 2 is 1.94 bits per heavy atom. The molecule has 0 amide bonds. The van der Waals surface area contributed by atoms with E-state index in [0.717, 1.165) is 25.2 Å². The molecule has 6 N–H and O–H groups in total. The summed E-state index contributed by atoms with van der Waals surface area (Å²) in [6.07, 6.45) is 3.12. The van der Waals surface area contributed by atoms with E-state index in [1.807, 2.05) is 36.5 Å². The molecular formula is C24H29N9O. The van der Waals surface area contributed by atoms with Crippen LogP contribution in [0.1, 0.15) is 43.0 Å². The van der Waals surface area contributed by atoms with Crippen LogP contribution in [0.2, 0.25) is 0 Å². The minimum Gasteiger partial charge on any atom is -0.492 e. The van der Waals surface area contributed by atoms with Crippen LogP contribution in [0, 0.1) is 34.6 Å². The lowest BCUT2D eigenvalue weighted by Gasteiger charge is -2.34. The summed E-state index contributed by atoms with van der Waals surface area (Å²) in [7, 11) is 0. The van der Waals surface area contributed by atoms with Gasteiger partial charge in [-0.2, -0.15) is 10.5 Å². The Hall–Kier alpha value is -4.02. The highest BCUT2D eigenvalue weighted by molar-refractivity contribution is 5.98. The van der Waals surface area contributed by atoms with Gasteiger partial charge >= 0.3 is 0 Å². The molecule has 176 valence electrons. The number of nitriles is 2. The van der Waals surface area contributed by atoms with E-state index in [0.29, 0.717) is 35.6 Å². The van der Waals surface area contributed by atoms with E-state index in [2.05, 4.69) is 39.4 Å². The summed E-state index contributed by atoms with van der Waals surface area (Å²) < 4.78 is 6.23. The number of aliphatic imine (C=N–C) groups is 1. The topological polar surface area (TPSA) is 161 Å². The highest BCUT2D eigenvalue weighted by Gasteiger charge is 2.31. The molecular weight excluding hydrogens is 430 g/mol. The molecule has 1 aromatic carbocycles. The van der Waals surface area contributed by atoms with Gasteiger partial charge in [0.15, 0.2) is 6.19 Å². The van der Waals surface area contributed by atoms with Crippen molar-refractivity contribution in [3.05, 3.63) is 41.0 Å². The normalized spacial score (nSPS) is 21.9. The molecule has 0 bridgehead atoms. The van der Waals surface area contributed by atoms with Gasteiger partial charge in [0.1, 0.15) is 41.7 Å². The molecule has 10 heteroatoms. The number of aromatic nitrogens is 1. The maximum atomic E-state index is 9.53. The third-order valence-corrected chi connectivity index (χ3v) is 6.18. The first-order valence-corrected chi connectivity index (χ1v) is 11.3. The average molecular weight is 460 g/mol. The molecule has 3 heterocycles. The van der Waals surface area contributed by atoms with Crippen LogP contribution >= 0.6 is 0 Å². The maximum absolute atomic E-state index is 9.53. The number of guanidine groups is 1. The Balaban J connectivity index is 1.64. The average Bonchev–Trinajstić information content (AvgIpc) is 2.78. The quantitative estimate of drug-likeness (QED) is 0.388. The van der Waals surface area contributed by atoms with Crippen molar-refractivity contribution in [1.82, 2.24) is 15.2 Å². The molecule has 1 saturated heterocycles. The number of nitrogens with two attached hydrogens (primary N) is 2. The summed E-state index contributed by atoms with van der Waals surface area (Å²) in [5.74, 6) is 2.59. The number of fused-ring (bicyclic) bond motifs is 1. The van der Waals surface area contributed by atoms with Crippen LogP contribution in [0.5, 0.6) is 5.75 Å². The zero-order chi connectivity index (χ0) is 24.2. The predicted molar refractivity (Wildman–Crippen MR) is 131 cm³/mol. The number of nitrogens with zero attached hydrogens (tertiary/aromatic N) is 5. The second kappa shape index (κ2) is 9.86. The Morgan fingerprint density at radius 1 is 1.21 bits per heavy atom. The smallest absolute Gasteiger partial charge is 0.211 e. The van der Waals surface area contributed by atoms with Crippen molar-refractivity contribution < 1.29 is 4.74 Å². The number of nitrogen functional groups attached to an aromatic ring is 2. The van der Waals surface area contributed by atoms with Gasteiger partial charge in [-0.25, -0.2) is 9.98 Å². The molecule has 3 atom stereocenters. The van der Waals surface area contributed by atoms with E-state index in [1.165, 1.54) is 6.42 Å². The molecule has 0 radical (unpaired) electrons. The van der Waals surface area contributed by atoms with E-state index >= 15 is 0 Å². The van der Waals surface area contributed by atoms with Gasteiger partial charge in [-0.15, -0.1) is 0 Å². The van der Waals surface area contributed by atoms with Crippen LogP contribution in [-0.4, -0.2) is 42.1 Å². The summed E-state index contributed by atoms with van der Waals surface area (Å²) in [6.45, 7) is 8.09. The van der Waals surface area contributed by atoms with Crippen molar-refractivity contribution in [2.24, 2.45) is 16.8 Å². The number of likely N-dealkylation sites (tertiary alicyclic amines) is 1. The molecule has 0 spiro atoms. The van der Waals surface area contributed by atoms with E-state index in [4.69, 9.17) is 21.5 Å². The number of para-hydroxylation sites is 1. The molecule has 2 aliphatic heterocycles. The number of hydrogen-bond acceptors (Lipinski definition) is 10. The van der Waals surface area contributed by atoms with Crippen LogP contribution in [-0.2, 0) is 0 Å². The number of piperidine rings is 1. The van der Waals surface area contributed by atoms with Gasteiger partial charge in [-0.3, -0.25) is 10.2 Å². The minimum atomic E-state index is -0.640. The van der Waals surface area contributed by atoms with Crippen molar-refractivity contribution in [2.75, 3.05) is 43.0 Å². The van der Waals surface area contributed by atoms with Gasteiger partial charge in [0.2, 0.25) is 5.96 Å². The number of nitrogens with one attached hydrogen (secondary N) is 2. The highest BCUT2D eigenvalue weighted by atomic mass is 16.5. The van der Waals surface area contributed by atoms with Gasteiger partial charge in [0.05, 0.1) is 5.69 Å². The number of pyridine rings is 1. The van der Waals surface area contributed by atoms with Crippen molar-refractivity contribution in [2.45, 2.75) is 26.3 Å². The number of anilines is 3. The Morgan fingerprint density at radius 3 is 2.65 bits per heavy atom. The molecule has 2 aromatic rings. The fraction of sp³-hybridized carbons (Fsp3) is 0.417. The van der Waals surface area contributed by atoms with Gasteiger partial charge < -0.3 is 21.5 Å². The number of hydrogen-bond donors (Lipinski definition) is 4. The van der Waals surface area contributed by atoms with Crippen LogP contribution in [0.4, 0.5) is 17.3 Å². The monoisotopic (exact) mass is 459 g/mol. The maximum Gasteiger partial charge on any atom is 0.211 e. The third-order valence-electron chi connectivity index (χ3n) is 6.18. The van der Waals surface area contributed by atoms with Crippen molar-refractivity contribution in [3.63, 3.8) is 0 Å². The molecule has 10 nitrogen and oxygen atoms in total. The van der Waals surface area contributed by atoms with Crippen molar-refractivity contribution in [1.29, 1.82) is 10.5 Å². The first-order chi connectivity index (χ1) is 16.4. The second-order valence-corrected chi connectivity index (χ2v) is 8.99. The van der Waals surface area contributed by atoms with E-state index in [-0.39, 0.29) is 23.0 Å². The summed E-state index contributed by atoms with van der Waals surface area (Å²) in [6, 6.07) is 8.95. The van der Waals surface area contributed by atoms with E-state index < -0.39 is 6.04 Å². The molecule has 3 unspecified atom stereocenters. The highest BCUT2D eigenvalue weighted by Crippen LogP contribution is 2.43. The van der Waals surface area contributed by atoms with E-state index in [9.17, 15) is 5.26 Å². The molecule has 0 aliphatic carbocycles. The molecule has 1 fully saturated rings. The van der Waals surface area contributed by atoms with Gasteiger partial charge in [0.25, 0.3) is 0 Å². The molecule has 2 aliphatic rings. The van der Waals surface area contributed by atoms with Crippen LogP contribution in [0.3, 0.4) is 0 Å². The first kappa shape index (κ1) is 23.1. The van der Waals surface area contributed by atoms with Gasteiger partial charge in [-0.1, -0.05) is 32.0 Å². The standard InChI is InChI=1S/C24H29N9O/c1-14-9-15(2)12-33(11-14)7-8-34-18-6-4-3-5-16(18)21-19-20(27)17(10-25)22(28)31-23(19)32-24(30-21)29-13-26/h3-6,14-15,21H,7-9,11-12H2,1-2H3,(H6,27,28,29,30,31,32). The van der Waals surface area contributed by atoms with Crippen LogP contribution < -0.4 is 26.8 Å². The molecule has 0 saturated carbocycles. The minimum absolute atomic E-state index is 0.0118. The van der Waals surface area contributed by atoms with Crippen LogP contribution in [0.25, 0.3) is 0 Å². The number of rotatable bonds is 5. The summed E-state index contributed by atoms with van der Waals surface area (Å²) in [5.41, 5.74) is 13.9. The molecule has 1 aromatic heterocycles. The predicted octanol–water partition coefficient (Wildman–Crippen LogP) is 2.42. The lowest BCUT2D eigenvalue weighted by atomic mass is 9.92. The summed E-state index contributed by atoms with van der Waals surface area (Å²) in [4.78, 5) is 11.4. The van der Waals surface area contributed by atoms with Crippen molar-refractivity contribution in [3.8, 4) is 18.0 Å². The SMILES string of the molecule is CC1CC(C)CN(CCOc2ccccc2C2N=C(NC#N)Nc3nc(N)c(C#N)c(N)c32)C1. The third kappa shape index (κ3) is 4.68. The lowest BCUT2D eigenvalue weighted by Crippen LogP contribution is -2.40. The van der Waals surface area contributed by atoms with Gasteiger partial charge in [0, 0.05) is 30.8 Å². The summed E-state index contributed by atoms with van der Waals surface area (Å²) >= 11 is 0. The molecule has 4 rings (SSSR count). The molecule has 34 heavy (non-hydrogen) atoms. The van der Waals surface area contributed by atoms with E-state index in [1.54, 1.807) is 0 Å². The fourth-order valence-electron chi connectivity index (χ4n) is 4.90. The number of benzene rings is 1. The van der Waals surface area contributed by atoms with Crippen molar-refractivity contribution >= 4 is 23.3 Å². The Labute approximate surface area is 199 Å². The van der Waals surface area contributed by atoms with Gasteiger partial charge in [-0.05, 0) is 24.3 Å². The van der Waals surface area contributed by atoms with Crippen LogP contribution in [0.15, 0.2) is 29.3 Å². The largest absolute Gasteiger partial charge is 0.492 e. The Bertz CT molecular complexity index is 1170. The Kier molecular flexibility index (Phi) is 6.71. The summed E-state index contributed by atoms with van der Waals surface area (Å²) in [5, 5.41) is 24.1. The zero-order valence-electron chi connectivity index (χ0n) is 19.4. The zero-order valence-corrected chi connectivity index (χ0v) is 19.4. The first-order valence-electron chi connectivity index (χ1n) is 11.3. The fourth-order valence-corrected chi connectivity index (χ4v) is 4.90. The second-order valence-electron chi connectivity index (χ2n) is 8.99. The number of ether oxygens (including phenoxy) is 1. The lowest BCUT2D eigenvalue weighted by molar-refractivity contribution is 0.120.